The van der Waals surface area contributed by atoms with Crippen molar-refractivity contribution in [2.45, 2.75) is 75.4 Å². The van der Waals surface area contributed by atoms with Gasteiger partial charge in [-0.1, -0.05) is 169 Å². The number of rotatable bonds is 18. The lowest BCUT2D eigenvalue weighted by Gasteiger charge is -2.49. The molecule has 18 heteroatoms. The number of phenols is 1. The Labute approximate surface area is 476 Å². The molecule has 0 spiro atoms. The van der Waals surface area contributed by atoms with Crippen molar-refractivity contribution < 1.29 is 38.6 Å². The van der Waals surface area contributed by atoms with Gasteiger partial charge in [-0.2, -0.15) is 5.10 Å². The number of nitrogens with one attached hydrogen (secondary N) is 2. The molecular formula is C63H57N7O9S2. The SMILES string of the molecule is CC(C)(C)OC(=O)C(C)(C)O/N=C(\C(=O)NC1C(=O)N2C(C(=O)OC(c3ccccc3)c3ccccc3)=C(/C=C/Cn3cc4cc(O)c(=O)cc-4cn3)CS[C@H]12)c1csc(NC(c2ccccc2)(c2ccccc2)c2ccccc2)n1. The van der Waals surface area contributed by atoms with Crippen LogP contribution in [0.4, 0.5) is 5.13 Å². The van der Waals surface area contributed by atoms with Gasteiger partial charge in [0.25, 0.3) is 11.8 Å². The molecule has 1 saturated heterocycles. The molecule has 4 aliphatic rings. The van der Waals surface area contributed by atoms with Crippen molar-refractivity contribution >= 4 is 57.7 Å². The topological polar surface area (TPSA) is 204 Å². The number of benzene rings is 6. The highest BCUT2D eigenvalue weighted by Gasteiger charge is 2.55. The maximum absolute atomic E-state index is 14.9. The highest BCUT2D eigenvalue weighted by atomic mass is 32.2. The zero-order valence-corrected chi connectivity index (χ0v) is 46.5. The zero-order chi connectivity index (χ0) is 56.9. The average molecular weight is 1120 g/mol. The molecule has 0 bridgehead atoms. The van der Waals surface area contributed by atoms with E-state index < -0.39 is 63.4 Å². The van der Waals surface area contributed by atoms with E-state index >= 15 is 0 Å². The first-order chi connectivity index (χ1) is 39.0. The van der Waals surface area contributed by atoms with Crippen molar-refractivity contribution in [1.82, 2.24) is 25.0 Å². The Hall–Kier alpha value is -9.13. The number of carbonyl (C=O) groups excluding carboxylic acids is 4. The highest BCUT2D eigenvalue weighted by Crippen LogP contribution is 2.43. The van der Waals surface area contributed by atoms with Gasteiger partial charge in [-0.3, -0.25) is 24.0 Å². The van der Waals surface area contributed by atoms with Gasteiger partial charge in [-0.15, -0.1) is 23.1 Å². The van der Waals surface area contributed by atoms with Gasteiger partial charge >= 0.3 is 11.9 Å². The van der Waals surface area contributed by atoms with Gasteiger partial charge < -0.3 is 30.1 Å². The molecule has 4 heterocycles. The minimum atomic E-state index is -1.68. The number of anilines is 1. The number of ether oxygens (including phenoxy) is 2. The highest BCUT2D eigenvalue weighted by molar-refractivity contribution is 8.00. The summed E-state index contributed by atoms with van der Waals surface area (Å²) >= 11 is 2.56. The van der Waals surface area contributed by atoms with E-state index in [-0.39, 0.29) is 35.1 Å². The predicted molar refractivity (Wildman–Crippen MR) is 311 cm³/mol. The average Bonchev–Trinajstić information content (AvgIpc) is 4.00. The number of thiazole rings is 1. The van der Waals surface area contributed by atoms with Crippen molar-refractivity contribution in [2.75, 3.05) is 11.1 Å². The van der Waals surface area contributed by atoms with E-state index in [1.54, 1.807) is 49.2 Å². The van der Waals surface area contributed by atoms with Crippen LogP contribution in [0, 0.1) is 0 Å². The minimum Gasteiger partial charge on any atom is -0.504 e. The number of amides is 2. The van der Waals surface area contributed by atoms with Gasteiger partial charge in [0.2, 0.25) is 11.0 Å². The van der Waals surface area contributed by atoms with Gasteiger partial charge in [0, 0.05) is 28.5 Å². The summed E-state index contributed by atoms with van der Waals surface area (Å²) in [6, 6.07) is 49.9. The van der Waals surface area contributed by atoms with Gasteiger partial charge in [0.15, 0.2) is 22.7 Å². The first-order valence-electron chi connectivity index (χ1n) is 26.0. The number of allylic oxidation sites excluding steroid dienone is 2. The first-order valence-corrected chi connectivity index (χ1v) is 28.0. The second-order valence-corrected chi connectivity index (χ2v) is 22.7. The van der Waals surface area contributed by atoms with Crippen LogP contribution in [-0.4, -0.2) is 82.6 Å². The predicted octanol–water partition coefficient (Wildman–Crippen LogP) is 10.00. The molecule has 5 aromatic carbocycles. The molecule has 3 aliphatic heterocycles. The summed E-state index contributed by atoms with van der Waals surface area (Å²) < 4.78 is 13.7. The third kappa shape index (κ3) is 11.9. The number of thioether (sulfide) groups is 1. The van der Waals surface area contributed by atoms with E-state index in [9.17, 15) is 29.1 Å². The van der Waals surface area contributed by atoms with Crippen LogP contribution < -0.4 is 16.1 Å². The van der Waals surface area contributed by atoms with Gasteiger partial charge in [0.05, 0.1) is 12.7 Å². The number of phenolic OH excluding ortho intramolecular Hbond substituents is 1. The molecule has 1 unspecified atom stereocenters. The molecule has 0 radical (unpaired) electrons. The molecule has 1 fully saturated rings. The quantitative estimate of drug-likeness (QED) is 0.0241. The zero-order valence-electron chi connectivity index (χ0n) is 44.9. The molecule has 1 aromatic heterocycles. The number of aromatic nitrogens is 3. The fraction of sp³-hybridized carbons (Fsp3) is 0.206. The number of aromatic hydroxyl groups is 1. The third-order valence-electron chi connectivity index (χ3n) is 13.4. The largest absolute Gasteiger partial charge is 0.504 e. The van der Waals surface area contributed by atoms with Crippen LogP contribution in [-0.2, 0) is 45.6 Å². The number of nitrogens with zero attached hydrogens (tertiary/aromatic N) is 5. The molecule has 10 rings (SSSR count). The minimum absolute atomic E-state index is 0.00277. The van der Waals surface area contributed by atoms with E-state index in [0.717, 1.165) is 16.7 Å². The van der Waals surface area contributed by atoms with Crippen LogP contribution in [0.2, 0.25) is 0 Å². The maximum Gasteiger partial charge on any atom is 0.356 e. The van der Waals surface area contributed by atoms with E-state index in [1.807, 2.05) is 152 Å². The Bertz CT molecular complexity index is 3580. The monoisotopic (exact) mass is 1120 g/mol. The third-order valence-corrected chi connectivity index (χ3v) is 15.5. The summed E-state index contributed by atoms with van der Waals surface area (Å²) in [6.45, 7) is 8.34. The Morgan fingerprint density at radius 1 is 0.790 bits per heavy atom. The molecular weight excluding hydrogens is 1060 g/mol. The second-order valence-electron chi connectivity index (χ2n) is 20.7. The van der Waals surface area contributed by atoms with Gasteiger partial charge in [0.1, 0.15) is 33.9 Å². The molecule has 2 amide bonds. The first kappa shape index (κ1) is 55.2. The van der Waals surface area contributed by atoms with Crippen LogP contribution in [0.5, 0.6) is 5.75 Å². The number of carbonyl (C=O) groups is 4. The van der Waals surface area contributed by atoms with E-state index in [1.165, 1.54) is 60.2 Å². The summed E-state index contributed by atoms with van der Waals surface area (Å²) in [5.74, 6) is -3.08. The molecule has 2 atom stereocenters. The van der Waals surface area contributed by atoms with Crippen molar-refractivity contribution in [3.8, 4) is 16.9 Å². The van der Waals surface area contributed by atoms with Crippen LogP contribution in [0.15, 0.2) is 215 Å². The van der Waals surface area contributed by atoms with Crippen LogP contribution >= 0.6 is 23.1 Å². The lowest BCUT2D eigenvalue weighted by Crippen LogP contribution is -2.71. The van der Waals surface area contributed by atoms with Crippen LogP contribution in [0.3, 0.4) is 0 Å². The number of oxime groups is 1. The summed E-state index contributed by atoms with van der Waals surface area (Å²) in [5, 5.41) is 26.7. The smallest absolute Gasteiger partial charge is 0.356 e. The summed E-state index contributed by atoms with van der Waals surface area (Å²) in [4.78, 5) is 82.4. The van der Waals surface area contributed by atoms with E-state index in [4.69, 9.17) is 19.3 Å². The van der Waals surface area contributed by atoms with Crippen molar-refractivity contribution in [1.29, 1.82) is 0 Å². The fourth-order valence-electron chi connectivity index (χ4n) is 9.46. The summed E-state index contributed by atoms with van der Waals surface area (Å²) in [7, 11) is 0. The molecule has 3 N–H and O–H groups in total. The van der Waals surface area contributed by atoms with Crippen LogP contribution in [0.1, 0.15) is 74.2 Å². The lowest BCUT2D eigenvalue weighted by molar-refractivity contribution is -0.179. The Balaban J connectivity index is 0.980. The van der Waals surface area contributed by atoms with Gasteiger partial charge in [-0.05, 0) is 80.1 Å². The van der Waals surface area contributed by atoms with Crippen molar-refractivity contribution in [2.24, 2.45) is 5.16 Å². The molecule has 1 aliphatic carbocycles. The number of hydrogen-bond acceptors (Lipinski definition) is 15. The molecule has 81 heavy (non-hydrogen) atoms. The number of fused-ring (bicyclic) bond motifs is 2. The molecule has 16 nitrogen and oxygen atoms in total. The second kappa shape index (κ2) is 23.3. The Morgan fingerprint density at radius 2 is 1.36 bits per heavy atom. The van der Waals surface area contributed by atoms with E-state index in [2.05, 4.69) is 20.9 Å². The van der Waals surface area contributed by atoms with Crippen LogP contribution in [0.25, 0.3) is 11.1 Å². The molecule has 0 saturated carbocycles. The normalized spacial score (nSPS) is 15.8. The van der Waals surface area contributed by atoms with Gasteiger partial charge in [-0.25, -0.2) is 14.6 Å². The maximum atomic E-state index is 14.9. The van der Waals surface area contributed by atoms with Crippen molar-refractivity contribution in [3.05, 3.63) is 249 Å². The summed E-state index contributed by atoms with van der Waals surface area (Å²) in [5.41, 5.74) is 1.52. The van der Waals surface area contributed by atoms with Crippen molar-refractivity contribution in [3.63, 3.8) is 0 Å². The fourth-order valence-corrected chi connectivity index (χ4v) is 11.5. The number of β-lactam (4-membered cyclic amide) rings is 1. The molecule has 410 valence electrons. The lowest BCUT2D eigenvalue weighted by atomic mass is 9.77. The summed E-state index contributed by atoms with van der Waals surface area (Å²) in [6.07, 6.45) is 5.88. The number of esters is 2. The standard InChI is InChI=1S/C63H57N7O9S2/c1-61(2,3)78-59(76)62(4,5)79-68-51(48-39-81-60(65-48)67-63(45-27-15-8-16-28-45,46-29-17-9-18-30-46)47-31-19-10-20-32-47)55(73)66-52-56(74)70-53(58(75)77-54(40-22-11-6-12-23-40)41-24-13-7-14-25-41)42(38-80-57(52)70)26-21-33-69-37-44-35-50(72)49(71)34-43(44)36-64-69/h6-32,34-37,39,52,54,57,72H,33,38H2,1-5H3,(H,65,67)(H,66,73)/b26-21+,68-51-/t52?,57-/m1/s1. The van der Waals surface area contributed by atoms with E-state index in [0.29, 0.717) is 33.0 Å². The molecule has 6 aromatic rings. The Kier molecular flexibility index (Phi) is 15.9. The number of hydrogen-bond donors (Lipinski definition) is 3. The Morgan fingerprint density at radius 3 is 1.93 bits per heavy atom.